The minimum absolute atomic E-state index is 0.00281. The number of benzene rings is 1. The third-order valence-electron chi connectivity index (χ3n) is 8.35. The van der Waals surface area contributed by atoms with E-state index in [1.165, 1.54) is 0 Å². The molecule has 3 amide bonds. The van der Waals surface area contributed by atoms with Gasteiger partial charge >= 0.3 is 6.09 Å². The van der Waals surface area contributed by atoms with Gasteiger partial charge in [0.05, 0.1) is 18.7 Å². The Kier molecular flexibility index (Phi) is 7.86. The smallest absolute Gasteiger partial charge is 0.410 e. The summed E-state index contributed by atoms with van der Waals surface area (Å²) in [7, 11) is 1.84. The van der Waals surface area contributed by atoms with Crippen LogP contribution in [-0.4, -0.2) is 108 Å². The molecule has 5 rings (SSSR count). The van der Waals surface area contributed by atoms with Crippen LogP contribution in [0.3, 0.4) is 0 Å². The van der Waals surface area contributed by atoms with Gasteiger partial charge in [0.15, 0.2) is 0 Å². The fourth-order valence-corrected chi connectivity index (χ4v) is 6.87. The van der Waals surface area contributed by atoms with E-state index in [0.717, 1.165) is 37.9 Å². The van der Waals surface area contributed by atoms with Gasteiger partial charge in [-0.2, -0.15) is 0 Å². The van der Waals surface area contributed by atoms with Crippen LogP contribution in [0.2, 0.25) is 10.0 Å². The van der Waals surface area contributed by atoms with E-state index in [2.05, 4.69) is 4.90 Å². The number of halogens is 2. The molecule has 3 saturated heterocycles. The molecule has 4 fully saturated rings. The first-order valence-corrected chi connectivity index (χ1v) is 13.7. The standard InChI is InChI=1S/C26H34Cl2N4O5/c1-29(22-2-3-31(11-22)26(36)37-15-16-4-20(27)8-21(28)5-16)25(35)17-6-18-9-30(10-19(18)7-17)14-24(34)32-12-23(33)13-32/h4-5,8,17-19,22-23,33H,2-3,6-7,9-15H2,1H3/t17?,18?,19?,22-/m1/s1. The Morgan fingerprint density at radius 3 is 2.27 bits per heavy atom. The Morgan fingerprint density at radius 2 is 1.65 bits per heavy atom. The summed E-state index contributed by atoms with van der Waals surface area (Å²) in [5, 5.41) is 10.4. The molecule has 37 heavy (non-hydrogen) atoms. The Morgan fingerprint density at radius 1 is 1.00 bits per heavy atom. The topological polar surface area (TPSA) is 93.6 Å². The second kappa shape index (κ2) is 11.0. The van der Waals surface area contributed by atoms with Gasteiger partial charge in [0.2, 0.25) is 11.8 Å². The molecule has 9 nitrogen and oxygen atoms in total. The normalized spacial score (nSPS) is 27.8. The largest absolute Gasteiger partial charge is 0.445 e. The molecule has 3 heterocycles. The summed E-state index contributed by atoms with van der Waals surface area (Å²) in [5.41, 5.74) is 0.725. The number of β-amino-alcohol motifs (C(OH)–C–C–N with tert-alkyl or cyclic N) is 1. The van der Waals surface area contributed by atoms with Crippen LogP contribution in [0.5, 0.6) is 0 Å². The molecular weight excluding hydrogens is 519 g/mol. The van der Waals surface area contributed by atoms with Crippen molar-refractivity contribution in [2.45, 2.75) is 38.0 Å². The van der Waals surface area contributed by atoms with Crippen molar-refractivity contribution < 1.29 is 24.2 Å². The van der Waals surface area contributed by atoms with Gasteiger partial charge < -0.3 is 24.5 Å². The maximum absolute atomic E-state index is 13.3. The molecule has 0 aromatic heterocycles. The monoisotopic (exact) mass is 552 g/mol. The van der Waals surface area contributed by atoms with Gasteiger partial charge in [0.25, 0.3) is 0 Å². The number of hydrogen-bond donors (Lipinski definition) is 1. The fraction of sp³-hybridized carbons (Fsp3) is 0.654. The second-order valence-corrected chi connectivity index (χ2v) is 11.9. The summed E-state index contributed by atoms with van der Waals surface area (Å²) in [6, 6.07) is 5.03. The number of fused-ring (bicyclic) bond motifs is 1. The van der Waals surface area contributed by atoms with Gasteiger partial charge in [0, 0.05) is 62.3 Å². The lowest BCUT2D eigenvalue weighted by molar-refractivity contribution is -0.142. The van der Waals surface area contributed by atoms with E-state index < -0.39 is 6.09 Å². The molecule has 1 aliphatic carbocycles. The van der Waals surface area contributed by atoms with Gasteiger partial charge in [-0.15, -0.1) is 0 Å². The summed E-state index contributed by atoms with van der Waals surface area (Å²) in [6.45, 7) is 4.06. The highest BCUT2D eigenvalue weighted by Gasteiger charge is 2.45. The van der Waals surface area contributed by atoms with Crippen molar-refractivity contribution in [2.75, 3.05) is 52.9 Å². The van der Waals surface area contributed by atoms with E-state index in [0.29, 0.717) is 54.6 Å². The summed E-state index contributed by atoms with van der Waals surface area (Å²) in [6.07, 6.45) is 1.64. The zero-order chi connectivity index (χ0) is 26.3. The predicted molar refractivity (Wildman–Crippen MR) is 138 cm³/mol. The molecule has 3 atom stereocenters. The first-order chi connectivity index (χ1) is 17.7. The Bertz CT molecular complexity index is 1020. The van der Waals surface area contributed by atoms with Gasteiger partial charge in [0.1, 0.15) is 6.61 Å². The maximum Gasteiger partial charge on any atom is 0.410 e. The minimum Gasteiger partial charge on any atom is -0.445 e. The molecule has 202 valence electrons. The molecule has 0 bridgehead atoms. The number of nitrogens with zero attached hydrogens (tertiary/aromatic N) is 4. The summed E-state index contributed by atoms with van der Waals surface area (Å²) in [5.74, 6) is 1.11. The van der Waals surface area contributed by atoms with E-state index in [4.69, 9.17) is 27.9 Å². The van der Waals surface area contributed by atoms with Gasteiger partial charge in [-0.3, -0.25) is 14.5 Å². The van der Waals surface area contributed by atoms with E-state index in [1.807, 2.05) is 11.9 Å². The molecule has 1 aromatic carbocycles. The number of amides is 3. The van der Waals surface area contributed by atoms with Crippen molar-refractivity contribution in [1.82, 2.24) is 19.6 Å². The number of carbonyl (C=O) groups is 3. The Labute approximate surface area is 227 Å². The molecule has 3 aliphatic heterocycles. The lowest BCUT2D eigenvalue weighted by atomic mass is 10.0. The quantitative estimate of drug-likeness (QED) is 0.582. The zero-order valence-corrected chi connectivity index (χ0v) is 22.5. The van der Waals surface area contributed by atoms with E-state index in [1.54, 1.807) is 28.0 Å². The van der Waals surface area contributed by atoms with Crippen LogP contribution in [-0.2, 0) is 20.9 Å². The zero-order valence-electron chi connectivity index (χ0n) is 21.0. The number of carbonyl (C=O) groups excluding carboxylic acids is 3. The van der Waals surface area contributed by atoms with Crippen LogP contribution in [0, 0.1) is 17.8 Å². The maximum atomic E-state index is 13.3. The summed E-state index contributed by atoms with van der Waals surface area (Å²) in [4.78, 5) is 45.6. The molecule has 1 saturated carbocycles. The highest BCUT2D eigenvalue weighted by atomic mass is 35.5. The summed E-state index contributed by atoms with van der Waals surface area (Å²) < 4.78 is 5.45. The fourth-order valence-electron chi connectivity index (χ4n) is 6.30. The van der Waals surface area contributed by atoms with Crippen molar-refractivity contribution in [3.8, 4) is 0 Å². The predicted octanol–water partition coefficient (Wildman–Crippen LogP) is 2.32. The number of aliphatic hydroxyl groups is 1. The minimum atomic E-state index is -0.405. The van der Waals surface area contributed by atoms with Crippen molar-refractivity contribution in [1.29, 1.82) is 0 Å². The molecule has 4 aliphatic rings. The molecule has 1 aromatic rings. The third kappa shape index (κ3) is 6.00. The lowest BCUT2D eigenvalue weighted by Crippen LogP contribution is -2.55. The van der Waals surface area contributed by atoms with Crippen molar-refractivity contribution in [3.63, 3.8) is 0 Å². The first kappa shape index (κ1) is 26.5. The van der Waals surface area contributed by atoms with Crippen LogP contribution in [0.4, 0.5) is 4.79 Å². The van der Waals surface area contributed by atoms with Gasteiger partial charge in [-0.1, -0.05) is 23.2 Å². The van der Waals surface area contributed by atoms with E-state index in [-0.39, 0.29) is 36.5 Å². The number of likely N-dealkylation sites (tertiary alicyclic amines) is 3. The second-order valence-electron chi connectivity index (χ2n) is 11.0. The van der Waals surface area contributed by atoms with Crippen LogP contribution in [0.1, 0.15) is 24.8 Å². The average molecular weight is 553 g/mol. The number of hydrogen-bond acceptors (Lipinski definition) is 6. The Hall–Kier alpha value is -2.07. The van der Waals surface area contributed by atoms with Crippen molar-refractivity contribution in [2.24, 2.45) is 17.8 Å². The molecule has 2 unspecified atom stereocenters. The highest BCUT2D eigenvalue weighted by molar-refractivity contribution is 6.34. The molecule has 0 spiro atoms. The molecular formula is C26H34Cl2N4O5. The average Bonchev–Trinajstić information content (AvgIpc) is 3.54. The SMILES string of the molecule is CN(C(=O)C1CC2CN(CC(=O)N3CC(O)C3)CC2C1)[C@@H]1CCN(C(=O)OCc2cc(Cl)cc(Cl)c2)C1. The van der Waals surface area contributed by atoms with Crippen LogP contribution >= 0.6 is 23.2 Å². The third-order valence-corrected chi connectivity index (χ3v) is 8.79. The number of ether oxygens (including phenoxy) is 1. The molecule has 11 heteroatoms. The van der Waals surface area contributed by atoms with Crippen molar-refractivity contribution >= 4 is 41.1 Å². The van der Waals surface area contributed by atoms with Crippen LogP contribution < -0.4 is 0 Å². The van der Waals surface area contributed by atoms with Crippen molar-refractivity contribution in [3.05, 3.63) is 33.8 Å². The van der Waals surface area contributed by atoms with E-state index in [9.17, 15) is 19.5 Å². The van der Waals surface area contributed by atoms with E-state index >= 15 is 0 Å². The number of likely N-dealkylation sites (N-methyl/N-ethyl adjacent to an activating group) is 1. The lowest BCUT2D eigenvalue weighted by Gasteiger charge is -2.37. The van der Waals surface area contributed by atoms with Crippen LogP contribution in [0.15, 0.2) is 18.2 Å². The van der Waals surface area contributed by atoms with Gasteiger partial charge in [-0.05, 0) is 54.9 Å². The van der Waals surface area contributed by atoms with Gasteiger partial charge in [-0.25, -0.2) is 4.79 Å². The molecule has 0 radical (unpaired) electrons. The number of rotatable bonds is 6. The number of aliphatic hydroxyl groups excluding tert-OH is 1. The molecule has 1 N–H and O–H groups in total. The Balaban J connectivity index is 1.05. The van der Waals surface area contributed by atoms with Crippen LogP contribution in [0.25, 0.3) is 0 Å². The summed E-state index contributed by atoms with van der Waals surface area (Å²) >= 11 is 12.0. The first-order valence-electron chi connectivity index (χ1n) is 13.0. The highest BCUT2D eigenvalue weighted by Crippen LogP contribution is 2.42.